The molecule has 0 bridgehead atoms. The number of hydrogen-bond acceptors (Lipinski definition) is 3. The van der Waals surface area contributed by atoms with Crippen LogP contribution in [0.5, 0.6) is 0 Å². The first-order valence-electron chi connectivity index (χ1n) is 9.38. The zero-order valence-corrected chi connectivity index (χ0v) is 15.8. The molecule has 1 aromatic rings. The first-order valence-corrected chi connectivity index (χ1v) is 9.38. The fourth-order valence-electron chi connectivity index (χ4n) is 3.58. The van der Waals surface area contributed by atoms with Gasteiger partial charge in [-0.25, -0.2) is 0 Å². The summed E-state index contributed by atoms with van der Waals surface area (Å²) in [5.41, 5.74) is 1.55. The minimum atomic E-state index is -0.117. The van der Waals surface area contributed by atoms with Crippen molar-refractivity contribution >= 4 is 5.91 Å². The molecular weight excluding hydrogens is 300 g/mol. The smallest absolute Gasteiger partial charge is 0.271 e. The fraction of sp³-hybridized carbons (Fsp3) is 0.789. The molecule has 2 aliphatic rings. The third kappa shape index (κ3) is 3.82. The summed E-state index contributed by atoms with van der Waals surface area (Å²) in [7, 11) is 0. The molecule has 1 saturated heterocycles. The Bertz CT molecular complexity index is 595. The van der Waals surface area contributed by atoms with E-state index in [2.05, 4.69) is 49.9 Å². The molecule has 1 aliphatic heterocycles. The van der Waals surface area contributed by atoms with Crippen molar-refractivity contribution in [2.75, 3.05) is 19.6 Å². The van der Waals surface area contributed by atoms with E-state index < -0.39 is 0 Å². The summed E-state index contributed by atoms with van der Waals surface area (Å²) in [5.74, 6) is 0.897. The first-order chi connectivity index (χ1) is 11.3. The molecule has 2 fully saturated rings. The van der Waals surface area contributed by atoms with Gasteiger partial charge < -0.3 is 10.2 Å². The molecule has 1 amide bonds. The number of rotatable bonds is 5. The van der Waals surface area contributed by atoms with Crippen molar-refractivity contribution in [3.8, 4) is 0 Å². The van der Waals surface area contributed by atoms with E-state index in [1.165, 1.54) is 25.8 Å². The number of hydrogen-bond donors (Lipinski definition) is 1. The van der Waals surface area contributed by atoms with Gasteiger partial charge in [0, 0.05) is 24.8 Å². The lowest BCUT2D eigenvalue weighted by atomic mass is 10.1. The number of carbonyl (C=O) groups excluding carboxylic acids is 1. The van der Waals surface area contributed by atoms with Crippen LogP contribution >= 0.6 is 0 Å². The highest BCUT2D eigenvalue weighted by molar-refractivity contribution is 5.92. The average Bonchev–Trinajstić information content (AvgIpc) is 3.06. The fourth-order valence-corrected chi connectivity index (χ4v) is 3.58. The van der Waals surface area contributed by atoms with Crippen molar-refractivity contribution in [1.29, 1.82) is 0 Å². The molecule has 1 aliphatic carbocycles. The molecule has 24 heavy (non-hydrogen) atoms. The average molecular weight is 332 g/mol. The zero-order valence-electron chi connectivity index (χ0n) is 15.8. The van der Waals surface area contributed by atoms with Crippen molar-refractivity contribution in [2.45, 2.75) is 71.4 Å². The van der Waals surface area contributed by atoms with Gasteiger partial charge in [0.25, 0.3) is 5.91 Å². The Hall–Kier alpha value is -1.36. The Kier molecular flexibility index (Phi) is 4.73. The maximum atomic E-state index is 12.5. The molecule has 5 heteroatoms. The van der Waals surface area contributed by atoms with Crippen molar-refractivity contribution in [1.82, 2.24) is 20.0 Å². The van der Waals surface area contributed by atoms with Crippen LogP contribution in [0, 0.1) is 5.92 Å². The van der Waals surface area contributed by atoms with Gasteiger partial charge in [-0.05, 0) is 64.5 Å². The van der Waals surface area contributed by atoms with E-state index >= 15 is 0 Å². The van der Waals surface area contributed by atoms with E-state index in [1.807, 2.05) is 10.7 Å². The van der Waals surface area contributed by atoms with Crippen LogP contribution in [0.2, 0.25) is 0 Å². The monoisotopic (exact) mass is 332 g/mol. The van der Waals surface area contributed by atoms with Crippen LogP contribution in [0.1, 0.15) is 76.0 Å². The second-order valence-corrected chi connectivity index (χ2v) is 8.78. The summed E-state index contributed by atoms with van der Waals surface area (Å²) in [6, 6.07) is 2.79. The van der Waals surface area contributed by atoms with Crippen LogP contribution in [0.3, 0.4) is 0 Å². The highest BCUT2D eigenvalue weighted by Crippen LogP contribution is 2.31. The molecule has 3 rings (SSSR count). The van der Waals surface area contributed by atoms with Gasteiger partial charge in [-0.15, -0.1) is 0 Å². The van der Waals surface area contributed by atoms with Crippen molar-refractivity contribution < 1.29 is 4.79 Å². The lowest BCUT2D eigenvalue weighted by Gasteiger charge is -2.23. The summed E-state index contributed by atoms with van der Waals surface area (Å²) in [4.78, 5) is 15.1. The Morgan fingerprint density at radius 3 is 2.58 bits per heavy atom. The third-order valence-electron chi connectivity index (χ3n) is 5.13. The number of likely N-dealkylation sites (tertiary alicyclic amines) is 1. The van der Waals surface area contributed by atoms with Gasteiger partial charge in [0.1, 0.15) is 5.69 Å². The quantitative estimate of drug-likeness (QED) is 0.902. The van der Waals surface area contributed by atoms with Gasteiger partial charge in [-0.2, -0.15) is 5.10 Å². The van der Waals surface area contributed by atoms with Crippen LogP contribution in [-0.2, 0) is 5.54 Å². The van der Waals surface area contributed by atoms with E-state index in [-0.39, 0.29) is 11.4 Å². The van der Waals surface area contributed by atoms with Crippen LogP contribution in [0.25, 0.3) is 0 Å². The molecular formula is C19H32N4O. The molecule has 0 unspecified atom stereocenters. The molecule has 1 atom stereocenters. The van der Waals surface area contributed by atoms with Crippen LogP contribution in [0.15, 0.2) is 6.07 Å². The van der Waals surface area contributed by atoms with Gasteiger partial charge in [0.15, 0.2) is 0 Å². The standard InChI is InChI=1S/C19H32N4O/c1-13(2)17-10-16(21-23(17)19(3,4)5)18(24)20-11-14-8-9-22(12-14)15-6-7-15/h10,13-15H,6-9,11-12H2,1-5H3,(H,20,24)/t14-/m0/s1. The molecule has 5 nitrogen and oxygen atoms in total. The summed E-state index contributed by atoms with van der Waals surface area (Å²) >= 11 is 0. The van der Waals surface area contributed by atoms with Crippen LogP contribution in [0.4, 0.5) is 0 Å². The summed E-state index contributed by atoms with van der Waals surface area (Å²) in [6.07, 6.45) is 3.92. The number of nitrogens with one attached hydrogen (secondary N) is 1. The maximum Gasteiger partial charge on any atom is 0.271 e. The Morgan fingerprint density at radius 2 is 2.04 bits per heavy atom. The predicted octanol–water partition coefficient (Wildman–Crippen LogP) is 2.98. The first kappa shape index (κ1) is 17.5. The Balaban J connectivity index is 1.60. The van der Waals surface area contributed by atoms with E-state index in [9.17, 15) is 4.79 Å². The highest BCUT2D eigenvalue weighted by atomic mass is 16.1. The van der Waals surface area contributed by atoms with Crippen LogP contribution in [-0.4, -0.2) is 46.3 Å². The van der Waals surface area contributed by atoms with Crippen molar-refractivity contribution in [3.05, 3.63) is 17.5 Å². The highest BCUT2D eigenvalue weighted by Gasteiger charge is 2.34. The minimum absolute atomic E-state index is 0.0372. The second-order valence-electron chi connectivity index (χ2n) is 8.78. The number of carbonyl (C=O) groups is 1. The summed E-state index contributed by atoms with van der Waals surface area (Å²) in [6.45, 7) is 13.8. The van der Waals surface area contributed by atoms with E-state index in [0.717, 1.165) is 24.8 Å². The molecule has 2 heterocycles. The topological polar surface area (TPSA) is 50.2 Å². The summed E-state index contributed by atoms with van der Waals surface area (Å²) in [5, 5.41) is 7.71. The molecule has 134 valence electrons. The minimum Gasteiger partial charge on any atom is -0.350 e. The largest absolute Gasteiger partial charge is 0.350 e. The number of amides is 1. The summed E-state index contributed by atoms with van der Waals surface area (Å²) < 4.78 is 2.00. The molecule has 0 radical (unpaired) electrons. The van der Waals surface area contributed by atoms with E-state index in [4.69, 9.17) is 0 Å². The maximum absolute atomic E-state index is 12.5. The van der Waals surface area contributed by atoms with Crippen molar-refractivity contribution in [3.63, 3.8) is 0 Å². The van der Waals surface area contributed by atoms with Crippen LogP contribution < -0.4 is 5.32 Å². The molecule has 0 spiro atoms. The number of nitrogens with zero attached hydrogens (tertiary/aromatic N) is 3. The molecule has 0 aromatic carbocycles. The van der Waals surface area contributed by atoms with Gasteiger partial charge in [-0.1, -0.05) is 13.8 Å². The van der Waals surface area contributed by atoms with Gasteiger partial charge in [0.05, 0.1) is 5.54 Å². The second kappa shape index (κ2) is 6.51. The predicted molar refractivity (Wildman–Crippen MR) is 96.3 cm³/mol. The molecule has 1 saturated carbocycles. The molecule has 1 aromatic heterocycles. The van der Waals surface area contributed by atoms with E-state index in [1.54, 1.807) is 0 Å². The van der Waals surface area contributed by atoms with Gasteiger partial charge >= 0.3 is 0 Å². The van der Waals surface area contributed by atoms with Gasteiger partial charge in [0.2, 0.25) is 0 Å². The van der Waals surface area contributed by atoms with E-state index in [0.29, 0.717) is 17.5 Å². The Labute approximate surface area is 145 Å². The lowest BCUT2D eigenvalue weighted by Crippen LogP contribution is -2.32. The number of aromatic nitrogens is 2. The third-order valence-corrected chi connectivity index (χ3v) is 5.13. The Morgan fingerprint density at radius 1 is 1.33 bits per heavy atom. The van der Waals surface area contributed by atoms with Gasteiger partial charge in [-0.3, -0.25) is 9.48 Å². The normalized spacial score (nSPS) is 22.3. The molecule has 1 N–H and O–H groups in total. The zero-order chi connectivity index (χ0) is 17.5. The SMILES string of the molecule is CC(C)c1cc(C(=O)NC[C@@H]2CCN(C3CC3)C2)nn1C(C)(C)C. The van der Waals surface area contributed by atoms with Crippen molar-refractivity contribution in [2.24, 2.45) is 5.92 Å². The lowest BCUT2D eigenvalue weighted by molar-refractivity contribution is 0.0940.